The summed E-state index contributed by atoms with van der Waals surface area (Å²) in [4.78, 5) is 23.6. The molecule has 4 rings (SSSR count). The van der Waals surface area contributed by atoms with Crippen molar-refractivity contribution in [3.05, 3.63) is 73.1 Å². The number of aromatic carboxylic acids is 1. The zero-order chi connectivity index (χ0) is 24.4. The Labute approximate surface area is 210 Å². The molecular weight excluding hydrogens is 501 g/mol. The van der Waals surface area contributed by atoms with Gasteiger partial charge in [-0.2, -0.15) is 0 Å². The number of halogens is 2. The van der Waals surface area contributed by atoms with Crippen molar-refractivity contribution in [2.45, 2.75) is 25.2 Å². The Balaban J connectivity index is 1.83. The van der Waals surface area contributed by atoms with Crippen molar-refractivity contribution in [2.75, 3.05) is 13.7 Å². The topological polar surface area (TPSA) is 99.8 Å². The van der Waals surface area contributed by atoms with Crippen LogP contribution in [0.1, 0.15) is 54.8 Å². The summed E-state index contributed by atoms with van der Waals surface area (Å²) in [6.07, 6.45) is 5.64. The van der Waals surface area contributed by atoms with E-state index in [4.69, 9.17) is 32.7 Å². The number of methoxy groups -OCH3 is 1. The molecule has 0 saturated heterocycles. The highest BCUT2D eigenvalue weighted by Crippen LogP contribution is 2.41. The van der Waals surface area contributed by atoms with E-state index in [2.05, 4.69) is 0 Å². The molecule has 0 bridgehead atoms. The minimum Gasteiger partial charge on any atom is -0.544 e. The van der Waals surface area contributed by atoms with Crippen LogP contribution in [0.5, 0.6) is 11.5 Å². The van der Waals surface area contributed by atoms with Crippen molar-refractivity contribution < 1.29 is 34.1 Å². The molecule has 0 spiro atoms. The number of thiophene rings is 1. The lowest BCUT2D eigenvalue weighted by Gasteiger charge is -2.21. The van der Waals surface area contributed by atoms with E-state index in [9.17, 15) is 19.9 Å². The average Bonchev–Trinajstić information content (AvgIpc) is 3.53. The van der Waals surface area contributed by atoms with Gasteiger partial charge in [-0.15, -0.1) is 11.3 Å². The smallest absolute Gasteiger partial charge is 0.241 e. The van der Waals surface area contributed by atoms with Gasteiger partial charge in [0, 0.05) is 16.2 Å². The fraction of sp³-hybridized carbons (Fsp3) is 0.292. The van der Waals surface area contributed by atoms with E-state index in [-0.39, 0.29) is 26.2 Å². The van der Waals surface area contributed by atoms with Crippen LogP contribution in [-0.4, -0.2) is 31.2 Å². The summed E-state index contributed by atoms with van der Waals surface area (Å²) in [6.45, 7) is 0.565. The molecule has 1 N–H and O–H groups in total. The highest BCUT2D eigenvalue weighted by Gasteiger charge is 2.27. The maximum Gasteiger partial charge on any atom is 0.241 e. The quantitative estimate of drug-likeness (QED) is 0.246. The molecule has 10 heteroatoms. The molecule has 3 aromatic rings. The minimum absolute atomic E-state index is 0.0521. The predicted octanol–water partition coefficient (Wildman–Crippen LogP) is 3.93. The van der Waals surface area contributed by atoms with Crippen LogP contribution < -0.4 is 19.3 Å². The van der Waals surface area contributed by atoms with Crippen LogP contribution >= 0.6 is 34.5 Å². The van der Waals surface area contributed by atoms with Gasteiger partial charge in [0.2, 0.25) is 12.4 Å². The molecule has 2 heterocycles. The fourth-order valence-corrected chi connectivity index (χ4v) is 5.24. The number of hydrogen-bond donors (Lipinski definition) is 1. The van der Waals surface area contributed by atoms with Crippen LogP contribution in [0.15, 0.2) is 36.7 Å². The molecule has 1 aromatic carbocycles. The molecule has 1 atom stereocenters. The molecule has 1 aliphatic rings. The SMILES string of the molecule is COc1ccc(C(Cc2c(Cl)c[n+](O)cc2Cl)c2cc(C=O)sc2C(=O)[O-])cc1OCC1CC1. The van der Waals surface area contributed by atoms with Gasteiger partial charge in [-0.1, -0.05) is 29.3 Å². The summed E-state index contributed by atoms with van der Waals surface area (Å²) in [5.74, 6) is -0.324. The van der Waals surface area contributed by atoms with Crippen molar-refractivity contribution in [1.82, 2.24) is 0 Å². The van der Waals surface area contributed by atoms with E-state index in [0.717, 1.165) is 34.5 Å². The first-order chi connectivity index (χ1) is 16.3. The number of carboxylic acids is 1. The van der Waals surface area contributed by atoms with E-state index in [1.807, 2.05) is 6.07 Å². The summed E-state index contributed by atoms with van der Waals surface area (Å²) in [5.41, 5.74) is 1.63. The third-order valence-corrected chi connectivity index (χ3v) is 7.40. The third kappa shape index (κ3) is 5.29. The monoisotopic (exact) mass is 521 g/mol. The largest absolute Gasteiger partial charge is 0.544 e. The molecular formula is C24H21Cl2NO6S. The number of benzene rings is 1. The molecule has 7 nitrogen and oxygen atoms in total. The van der Waals surface area contributed by atoms with Gasteiger partial charge in [0.25, 0.3) is 0 Å². The summed E-state index contributed by atoms with van der Waals surface area (Å²) in [6, 6.07) is 6.91. The van der Waals surface area contributed by atoms with Crippen molar-refractivity contribution in [2.24, 2.45) is 5.92 Å². The Morgan fingerprint density at radius 2 is 1.97 bits per heavy atom. The first kappa shape index (κ1) is 24.3. The standard InChI is InChI=1S/C24H21Cl2NO6S/c1-32-21-5-4-14(6-22(21)33-12-13-2-3-13)16(8-18-19(25)9-27(31)10-20(18)26)17-7-15(11-28)34-23(17)24(29)30/h4-7,9-11,13,16H,2-3,8,12H2,1H3,(H-,29,30,31). The lowest BCUT2D eigenvalue weighted by molar-refractivity contribution is -0.904. The summed E-state index contributed by atoms with van der Waals surface area (Å²) >= 11 is 13.6. The zero-order valence-corrected chi connectivity index (χ0v) is 20.5. The van der Waals surface area contributed by atoms with Crippen molar-refractivity contribution in [3.8, 4) is 11.5 Å². The van der Waals surface area contributed by atoms with Gasteiger partial charge in [0.1, 0.15) is 10.0 Å². The number of carbonyl (C=O) groups is 2. The predicted molar refractivity (Wildman–Crippen MR) is 125 cm³/mol. The minimum atomic E-state index is -1.38. The van der Waals surface area contributed by atoms with Crippen LogP contribution in [-0.2, 0) is 6.42 Å². The molecule has 1 fully saturated rings. The number of aromatic nitrogens is 1. The number of pyridine rings is 1. The number of nitrogens with zero attached hydrogens (tertiary/aromatic N) is 1. The van der Waals surface area contributed by atoms with Crippen molar-refractivity contribution in [3.63, 3.8) is 0 Å². The average molecular weight is 522 g/mol. The Hall–Kier alpha value is -2.81. The lowest BCUT2D eigenvalue weighted by Crippen LogP contribution is -2.29. The Bertz CT molecular complexity index is 1220. The maximum absolute atomic E-state index is 11.9. The highest BCUT2D eigenvalue weighted by molar-refractivity contribution is 7.15. The highest BCUT2D eigenvalue weighted by atomic mass is 35.5. The van der Waals surface area contributed by atoms with Gasteiger partial charge >= 0.3 is 0 Å². The Morgan fingerprint density at radius 1 is 1.26 bits per heavy atom. The second-order valence-electron chi connectivity index (χ2n) is 8.07. The van der Waals surface area contributed by atoms with Gasteiger partial charge in [-0.25, -0.2) is 0 Å². The second-order valence-corrected chi connectivity index (χ2v) is 9.97. The molecule has 34 heavy (non-hydrogen) atoms. The molecule has 0 radical (unpaired) electrons. The number of carbonyl (C=O) groups excluding carboxylic acids is 2. The van der Waals surface area contributed by atoms with E-state index in [1.165, 1.54) is 12.4 Å². The van der Waals surface area contributed by atoms with Gasteiger partial charge < -0.3 is 19.4 Å². The summed E-state index contributed by atoms with van der Waals surface area (Å²) < 4.78 is 12.2. The van der Waals surface area contributed by atoms with E-state index in [0.29, 0.717) is 41.4 Å². The summed E-state index contributed by atoms with van der Waals surface area (Å²) in [7, 11) is 1.55. The van der Waals surface area contributed by atoms with Gasteiger partial charge in [-0.3, -0.25) is 10.0 Å². The number of hydrogen-bond acceptors (Lipinski definition) is 7. The number of carboxylic acid groups (broad SMARTS) is 1. The number of ether oxygens (including phenoxy) is 2. The molecule has 0 aliphatic heterocycles. The number of rotatable bonds is 10. The van der Waals surface area contributed by atoms with Crippen LogP contribution in [0.4, 0.5) is 0 Å². The maximum atomic E-state index is 11.9. The molecule has 0 amide bonds. The second kappa shape index (κ2) is 10.2. The molecule has 1 unspecified atom stereocenters. The number of aldehydes is 1. The van der Waals surface area contributed by atoms with Crippen LogP contribution in [0.25, 0.3) is 0 Å². The van der Waals surface area contributed by atoms with E-state index < -0.39 is 11.9 Å². The zero-order valence-electron chi connectivity index (χ0n) is 18.1. The molecule has 1 aliphatic carbocycles. The lowest BCUT2D eigenvalue weighted by atomic mass is 9.85. The Morgan fingerprint density at radius 3 is 2.56 bits per heavy atom. The van der Waals surface area contributed by atoms with E-state index >= 15 is 0 Å². The molecule has 1 saturated carbocycles. The van der Waals surface area contributed by atoms with E-state index in [1.54, 1.807) is 25.3 Å². The van der Waals surface area contributed by atoms with Crippen molar-refractivity contribution in [1.29, 1.82) is 0 Å². The van der Waals surface area contributed by atoms with Gasteiger partial charge in [0.05, 0.1) is 29.4 Å². The first-order valence-electron chi connectivity index (χ1n) is 10.5. The van der Waals surface area contributed by atoms with Crippen LogP contribution in [0.3, 0.4) is 0 Å². The summed E-state index contributed by atoms with van der Waals surface area (Å²) in [5, 5.41) is 22.1. The normalized spacial score (nSPS) is 14.0. The van der Waals surface area contributed by atoms with Crippen molar-refractivity contribution >= 4 is 46.8 Å². The molecule has 2 aromatic heterocycles. The Kier molecular flexibility index (Phi) is 7.30. The third-order valence-electron chi connectivity index (χ3n) is 5.69. The van der Waals surface area contributed by atoms with Crippen LogP contribution in [0.2, 0.25) is 10.0 Å². The first-order valence-corrected chi connectivity index (χ1v) is 12.1. The fourth-order valence-electron chi connectivity index (χ4n) is 3.76. The van der Waals surface area contributed by atoms with Crippen LogP contribution in [0, 0.1) is 5.92 Å². The van der Waals surface area contributed by atoms with Gasteiger partial charge in [0.15, 0.2) is 17.8 Å². The van der Waals surface area contributed by atoms with Gasteiger partial charge in [-0.05, 0) is 54.5 Å². The molecule has 178 valence electrons.